The number of hydrogen-bond donors (Lipinski definition) is 0. The van der Waals surface area contributed by atoms with Crippen LogP contribution in [0.25, 0.3) is 10.4 Å². The molecule has 0 radical (unpaired) electrons. The molecular weight excluding hydrogens is 192 g/mol. The highest BCUT2D eigenvalue weighted by atomic mass is 16.5. The van der Waals surface area contributed by atoms with Gasteiger partial charge in [0.25, 0.3) is 0 Å². The van der Waals surface area contributed by atoms with Crippen LogP contribution in [0.4, 0.5) is 0 Å². The molecule has 1 aliphatic heterocycles. The molecule has 84 valence electrons. The van der Waals surface area contributed by atoms with Gasteiger partial charge in [0.05, 0.1) is 13.2 Å². The smallest absolute Gasteiger partial charge is 0.0593 e. The molecule has 0 spiro atoms. The van der Waals surface area contributed by atoms with Crippen molar-refractivity contribution in [3.8, 4) is 0 Å². The molecule has 2 rings (SSSR count). The second-order valence-corrected chi connectivity index (χ2v) is 4.32. The van der Waals surface area contributed by atoms with Crippen LogP contribution in [0, 0.1) is 5.92 Å². The molecule has 0 unspecified atom stereocenters. The van der Waals surface area contributed by atoms with E-state index in [1.165, 1.54) is 19.3 Å². The van der Waals surface area contributed by atoms with E-state index in [0.717, 1.165) is 26.3 Å². The fourth-order valence-electron chi connectivity index (χ4n) is 2.77. The van der Waals surface area contributed by atoms with E-state index < -0.39 is 0 Å². The summed E-state index contributed by atoms with van der Waals surface area (Å²) >= 11 is 0. The molecule has 2 atom stereocenters. The molecule has 5 heteroatoms. The van der Waals surface area contributed by atoms with Crippen LogP contribution in [0.15, 0.2) is 5.11 Å². The number of rotatable bonds is 3. The first kappa shape index (κ1) is 10.7. The minimum atomic E-state index is 0.583. The third-order valence-corrected chi connectivity index (χ3v) is 3.49. The summed E-state index contributed by atoms with van der Waals surface area (Å²) in [5.41, 5.74) is 8.25. The number of azide groups is 1. The van der Waals surface area contributed by atoms with Gasteiger partial charge in [0.2, 0.25) is 0 Å². The summed E-state index contributed by atoms with van der Waals surface area (Å²) in [6.07, 6.45) is 3.89. The molecule has 1 aliphatic carbocycles. The number of hydrogen-bond acceptors (Lipinski definition) is 3. The fraction of sp³-hybridized carbons (Fsp3) is 1.00. The van der Waals surface area contributed by atoms with Gasteiger partial charge in [-0.05, 0) is 24.3 Å². The highest BCUT2D eigenvalue weighted by Gasteiger charge is 2.33. The molecule has 0 aromatic rings. The Morgan fingerprint density at radius 2 is 2.40 bits per heavy atom. The van der Waals surface area contributed by atoms with Gasteiger partial charge in [-0.3, -0.25) is 4.90 Å². The Kier molecular flexibility index (Phi) is 3.83. The lowest BCUT2D eigenvalue weighted by Crippen LogP contribution is -2.39. The van der Waals surface area contributed by atoms with Gasteiger partial charge in [-0.1, -0.05) is 11.5 Å². The average molecular weight is 210 g/mol. The van der Waals surface area contributed by atoms with Crippen LogP contribution >= 0.6 is 0 Å². The van der Waals surface area contributed by atoms with Crippen LogP contribution in [-0.2, 0) is 4.74 Å². The fourth-order valence-corrected chi connectivity index (χ4v) is 2.77. The second-order valence-electron chi connectivity index (χ2n) is 4.32. The molecule has 0 bridgehead atoms. The zero-order valence-corrected chi connectivity index (χ0v) is 9.01. The summed E-state index contributed by atoms with van der Waals surface area (Å²) in [6, 6.07) is 0.668. The van der Waals surface area contributed by atoms with E-state index in [-0.39, 0.29) is 0 Å². The molecule has 0 aromatic carbocycles. The predicted molar refractivity (Wildman–Crippen MR) is 57.5 cm³/mol. The Morgan fingerprint density at radius 1 is 1.47 bits per heavy atom. The maximum Gasteiger partial charge on any atom is 0.0593 e. The molecule has 1 heterocycles. The molecule has 2 aliphatic rings. The van der Waals surface area contributed by atoms with E-state index >= 15 is 0 Å². The first-order chi connectivity index (χ1) is 7.42. The van der Waals surface area contributed by atoms with Gasteiger partial charge >= 0.3 is 0 Å². The maximum absolute atomic E-state index is 8.25. The summed E-state index contributed by atoms with van der Waals surface area (Å²) in [7, 11) is 0. The van der Waals surface area contributed by atoms with E-state index in [4.69, 9.17) is 10.3 Å². The lowest BCUT2D eigenvalue weighted by molar-refractivity contribution is 0.120. The van der Waals surface area contributed by atoms with Crippen molar-refractivity contribution in [3.05, 3.63) is 10.4 Å². The lowest BCUT2D eigenvalue weighted by atomic mass is 10.0. The van der Waals surface area contributed by atoms with E-state index in [1.807, 2.05) is 0 Å². The van der Waals surface area contributed by atoms with Gasteiger partial charge in [-0.15, -0.1) is 0 Å². The van der Waals surface area contributed by atoms with Crippen molar-refractivity contribution < 1.29 is 4.74 Å². The third-order valence-electron chi connectivity index (χ3n) is 3.49. The molecule has 0 N–H and O–H groups in total. The first-order valence-electron chi connectivity index (χ1n) is 5.74. The van der Waals surface area contributed by atoms with Crippen molar-refractivity contribution in [2.24, 2.45) is 11.0 Å². The Hall–Kier alpha value is -0.770. The van der Waals surface area contributed by atoms with Crippen LogP contribution in [0.3, 0.4) is 0 Å². The van der Waals surface area contributed by atoms with Gasteiger partial charge in [0.1, 0.15) is 0 Å². The lowest BCUT2D eigenvalue weighted by Gasteiger charge is -2.29. The van der Waals surface area contributed by atoms with Crippen LogP contribution in [0.5, 0.6) is 0 Å². The van der Waals surface area contributed by atoms with Crippen molar-refractivity contribution >= 4 is 0 Å². The molecule has 0 amide bonds. The van der Waals surface area contributed by atoms with Gasteiger partial charge in [-0.25, -0.2) is 0 Å². The largest absolute Gasteiger partial charge is 0.380 e. The summed E-state index contributed by atoms with van der Waals surface area (Å²) in [6.45, 7) is 4.20. The molecule has 1 saturated heterocycles. The Morgan fingerprint density at radius 3 is 3.27 bits per heavy atom. The molecular formula is C10H18N4O. The van der Waals surface area contributed by atoms with E-state index in [1.54, 1.807) is 0 Å². The van der Waals surface area contributed by atoms with Crippen molar-refractivity contribution in [1.82, 2.24) is 4.90 Å². The van der Waals surface area contributed by atoms with Crippen LogP contribution in [-0.4, -0.2) is 43.8 Å². The van der Waals surface area contributed by atoms with Crippen LogP contribution in [0.2, 0.25) is 0 Å². The van der Waals surface area contributed by atoms with E-state index in [0.29, 0.717) is 18.5 Å². The topological polar surface area (TPSA) is 61.2 Å². The summed E-state index contributed by atoms with van der Waals surface area (Å²) in [5.74, 6) is 0.707. The molecule has 1 saturated carbocycles. The maximum atomic E-state index is 8.25. The standard InChI is InChI=1S/C10H18N4O/c11-13-12-4-5-14-6-7-15-8-9-2-1-3-10(9)14/h9-10H,1-8H2/t9-,10-/m0/s1. The second kappa shape index (κ2) is 5.35. The predicted octanol–water partition coefficient (Wildman–Crippen LogP) is 1.80. The van der Waals surface area contributed by atoms with Crippen LogP contribution in [0.1, 0.15) is 19.3 Å². The van der Waals surface area contributed by atoms with Crippen molar-refractivity contribution in [1.29, 1.82) is 0 Å². The third kappa shape index (κ3) is 2.62. The summed E-state index contributed by atoms with van der Waals surface area (Å²) in [5, 5.41) is 3.61. The number of nitrogens with zero attached hydrogens (tertiary/aromatic N) is 4. The number of fused-ring (bicyclic) bond motifs is 1. The zero-order chi connectivity index (χ0) is 10.5. The van der Waals surface area contributed by atoms with Gasteiger partial charge < -0.3 is 4.74 Å². The van der Waals surface area contributed by atoms with Crippen molar-refractivity contribution in [3.63, 3.8) is 0 Å². The number of ether oxygens (including phenoxy) is 1. The quantitative estimate of drug-likeness (QED) is 0.405. The Bertz CT molecular complexity index is 252. The van der Waals surface area contributed by atoms with Gasteiger partial charge in [-0.2, -0.15) is 0 Å². The average Bonchev–Trinajstić information content (AvgIpc) is 2.63. The van der Waals surface area contributed by atoms with Crippen molar-refractivity contribution in [2.75, 3.05) is 32.8 Å². The van der Waals surface area contributed by atoms with Gasteiger partial charge in [0.15, 0.2) is 0 Å². The zero-order valence-electron chi connectivity index (χ0n) is 9.01. The molecule has 15 heavy (non-hydrogen) atoms. The normalized spacial score (nSPS) is 31.7. The SMILES string of the molecule is [N-]=[N+]=NCCN1CCOC[C@@H]2CCC[C@@H]21. The Balaban J connectivity index is 1.91. The van der Waals surface area contributed by atoms with E-state index in [9.17, 15) is 0 Å². The van der Waals surface area contributed by atoms with Crippen LogP contribution < -0.4 is 0 Å². The van der Waals surface area contributed by atoms with Gasteiger partial charge in [0, 0.05) is 30.6 Å². The first-order valence-corrected chi connectivity index (χ1v) is 5.74. The highest BCUT2D eigenvalue weighted by molar-refractivity contribution is 4.87. The van der Waals surface area contributed by atoms with Crippen molar-refractivity contribution in [2.45, 2.75) is 25.3 Å². The van der Waals surface area contributed by atoms with E-state index in [2.05, 4.69) is 14.9 Å². The monoisotopic (exact) mass is 210 g/mol. The Labute approximate surface area is 90.0 Å². The highest BCUT2D eigenvalue weighted by Crippen LogP contribution is 2.31. The molecule has 0 aromatic heterocycles. The minimum absolute atomic E-state index is 0.583. The molecule has 2 fully saturated rings. The summed E-state index contributed by atoms with van der Waals surface area (Å²) < 4.78 is 5.60. The summed E-state index contributed by atoms with van der Waals surface area (Å²) in [4.78, 5) is 5.24. The molecule has 5 nitrogen and oxygen atoms in total. The minimum Gasteiger partial charge on any atom is -0.380 e.